The van der Waals surface area contributed by atoms with Crippen LogP contribution in [0.5, 0.6) is 5.75 Å². The summed E-state index contributed by atoms with van der Waals surface area (Å²) < 4.78 is 8.40. The van der Waals surface area contributed by atoms with Gasteiger partial charge in [-0.2, -0.15) is 0 Å². The number of benzene rings is 1. The van der Waals surface area contributed by atoms with Crippen LogP contribution < -0.4 is 4.74 Å². The van der Waals surface area contributed by atoms with Crippen LogP contribution in [-0.4, -0.2) is 16.7 Å². The highest BCUT2D eigenvalue weighted by Crippen LogP contribution is 2.34. The Morgan fingerprint density at radius 3 is 3.06 bits per heavy atom. The van der Waals surface area contributed by atoms with Crippen molar-refractivity contribution in [1.82, 2.24) is 9.55 Å². The van der Waals surface area contributed by atoms with Crippen molar-refractivity contribution < 1.29 is 4.74 Å². The van der Waals surface area contributed by atoms with Crippen molar-refractivity contribution in [2.45, 2.75) is 25.3 Å². The second-order valence-corrected chi connectivity index (χ2v) is 5.05. The normalized spacial score (nSPS) is 18.4. The lowest BCUT2D eigenvalue weighted by Gasteiger charge is -2.26. The maximum atomic E-state index is 5.43. The molecule has 3 rings (SSSR count). The molecule has 1 aromatic carbocycles. The molecule has 0 saturated carbocycles. The van der Waals surface area contributed by atoms with Gasteiger partial charge in [0.05, 0.1) is 7.11 Å². The number of fused-ring (bicyclic) bond motifs is 1. The van der Waals surface area contributed by atoms with E-state index in [0.717, 1.165) is 29.8 Å². The fraction of sp³-hybridized carbons (Fsp3) is 0.357. The lowest BCUT2D eigenvalue weighted by Crippen LogP contribution is -2.18. The SMILES string of the molecule is COc1cccc2c1CCC(n1cc[nH]c1=S)C2. The topological polar surface area (TPSA) is 29.9 Å². The maximum Gasteiger partial charge on any atom is 0.177 e. The van der Waals surface area contributed by atoms with Crippen LogP contribution in [0, 0.1) is 4.77 Å². The average molecular weight is 260 g/mol. The first kappa shape index (κ1) is 11.5. The number of hydrogen-bond acceptors (Lipinski definition) is 2. The molecule has 3 nitrogen and oxygen atoms in total. The molecule has 1 aliphatic rings. The molecule has 0 fully saturated rings. The van der Waals surface area contributed by atoms with Crippen LogP contribution in [0.25, 0.3) is 0 Å². The predicted octanol–water partition coefficient (Wildman–Crippen LogP) is 3.28. The van der Waals surface area contributed by atoms with Gasteiger partial charge in [0, 0.05) is 18.4 Å². The number of rotatable bonds is 2. The largest absolute Gasteiger partial charge is 0.496 e. The first-order valence-corrected chi connectivity index (χ1v) is 6.60. The minimum absolute atomic E-state index is 0.461. The summed E-state index contributed by atoms with van der Waals surface area (Å²) in [4.78, 5) is 3.07. The second-order valence-electron chi connectivity index (χ2n) is 4.67. The van der Waals surface area contributed by atoms with Gasteiger partial charge in [-0.3, -0.25) is 0 Å². The molecule has 0 radical (unpaired) electrons. The minimum Gasteiger partial charge on any atom is -0.496 e. The molecule has 4 heteroatoms. The van der Waals surface area contributed by atoms with Crippen molar-refractivity contribution in [3.63, 3.8) is 0 Å². The number of hydrogen-bond donors (Lipinski definition) is 1. The van der Waals surface area contributed by atoms with E-state index in [-0.39, 0.29) is 0 Å². The predicted molar refractivity (Wildman–Crippen MR) is 73.7 cm³/mol. The zero-order valence-electron chi connectivity index (χ0n) is 10.3. The van der Waals surface area contributed by atoms with Crippen LogP contribution in [0.4, 0.5) is 0 Å². The molecule has 0 aliphatic heterocycles. The molecule has 1 aromatic heterocycles. The summed E-state index contributed by atoms with van der Waals surface area (Å²) in [5.41, 5.74) is 2.74. The van der Waals surface area contributed by atoms with Gasteiger partial charge in [-0.1, -0.05) is 12.1 Å². The molecular weight excluding hydrogens is 244 g/mol. The average Bonchev–Trinajstić information content (AvgIpc) is 2.83. The molecule has 1 atom stereocenters. The Kier molecular flexibility index (Phi) is 2.96. The standard InChI is InChI=1S/C14H16N2OS/c1-17-13-4-2-3-10-9-11(5-6-12(10)13)16-8-7-15-14(16)18/h2-4,7-8,11H,5-6,9H2,1H3,(H,15,18). The third kappa shape index (κ3) is 1.86. The Labute approximate surface area is 111 Å². The van der Waals surface area contributed by atoms with Gasteiger partial charge < -0.3 is 14.3 Å². The number of methoxy groups -OCH3 is 1. The Hall–Kier alpha value is -1.55. The summed E-state index contributed by atoms with van der Waals surface area (Å²) in [7, 11) is 1.74. The molecule has 1 N–H and O–H groups in total. The molecule has 2 aromatic rings. The van der Waals surface area contributed by atoms with Gasteiger partial charge in [0.25, 0.3) is 0 Å². The van der Waals surface area contributed by atoms with Crippen LogP contribution in [0.1, 0.15) is 23.6 Å². The highest BCUT2D eigenvalue weighted by molar-refractivity contribution is 7.71. The fourth-order valence-electron chi connectivity index (χ4n) is 2.80. The van der Waals surface area contributed by atoms with E-state index in [0.29, 0.717) is 6.04 Å². The zero-order valence-corrected chi connectivity index (χ0v) is 11.2. The zero-order chi connectivity index (χ0) is 12.5. The number of ether oxygens (including phenoxy) is 1. The molecule has 94 valence electrons. The van der Waals surface area contributed by atoms with Gasteiger partial charge in [-0.25, -0.2) is 0 Å². The molecular formula is C14H16N2OS. The summed E-state index contributed by atoms with van der Waals surface area (Å²) in [5, 5.41) is 0. The van der Waals surface area contributed by atoms with Gasteiger partial charge in [0.2, 0.25) is 0 Å². The van der Waals surface area contributed by atoms with Crippen molar-refractivity contribution in [3.05, 3.63) is 46.5 Å². The van der Waals surface area contributed by atoms with Gasteiger partial charge in [0.15, 0.2) is 4.77 Å². The van der Waals surface area contributed by atoms with E-state index in [1.54, 1.807) is 7.11 Å². The van der Waals surface area contributed by atoms with Crippen molar-refractivity contribution >= 4 is 12.2 Å². The quantitative estimate of drug-likeness (QED) is 0.840. The van der Waals surface area contributed by atoms with E-state index in [1.807, 2.05) is 18.5 Å². The van der Waals surface area contributed by atoms with Crippen LogP contribution in [-0.2, 0) is 12.8 Å². The number of nitrogens with one attached hydrogen (secondary N) is 1. The van der Waals surface area contributed by atoms with Gasteiger partial charge >= 0.3 is 0 Å². The lowest BCUT2D eigenvalue weighted by atomic mass is 9.87. The molecule has 1 heterocycles. The minimum atomic E-state index is 0.461. The van der Waals surface area contributed by atoms with Gasteiger partial charge in [0.1, 0.15) is 5.75 Å². The van der Waals surface area contributed by atoms with E-state index in [4.69, 9.17) is 17.0 Å². The molecule has 0 saturated heterocycles. The van der Waals surface area contributed by atoms with Gasteiger partial charge in [-0.05, 0) is 48.7 Å². The highest BCUT2D eigenvalue weighted by atomic mass is 32.1. The number of nitrogens with zero attached hydrogens (tertiary/aromatic N) is 1. The van der Waals surface area contributed by atoms with Crippen molar-refractivity contribution in [2.75, 3.05) is 7.11 Å². The van der Waals surface area contributed by atoms with E-state index in [2.05, 4.69) is 21.7 Å². The second kappa shape index (κ2) is 4.61. The summed E-state index contributed by atoms with van der Waals surface area (Å²) in [5.74, 6) is 1.02. The molecule has 0 amide bonds. The maximum absolute atomic E-state index is 5.43. The Balaban J connectivity index is 1.95. The Bertz CT molecular complexity index is 614. The van der Waals surface area contributed by atoms with Crippen LogP contribution in [0.2, 0.25) is 0 Å². The lowest BCUT2D eigenvalue weighted by molar-refractivity contribution is 0.391. The summed E-state index contributed by atoms with van der Waals surface area (Å²) >= 11 is 5.30. The first-order valence-electron chi connectivity index (χ1n) is 6.20. The number of H-pyrrole nitrogens is 1. The van der Waals surface area contributed by atoms with Crippen molar-refractivity contribution in [1.29, 1.82) is 0 Å². The summed E-state index contributed by atoms with van der Waals surface area (Å²) in [6.07, 6.45) is 7.14. The highest BCUT2D eigenvalue weighted by Gasteiger charge is 2.22. The molecule has 1 unspecified atom stereocenters. The third-order valence-corrected chi connectivity index (χ3v) is 4.03. The monoisotopic (exact) mass is 260 g/mol. The smallest absolute Gasteiger partial charge is 0.177 e. The molecule has 18 heavy (non-hydrogen) atoms. The summed E-state index contributed by atoms with van der Waals surface area (Å²) in [6.45, 7) is 0. The van der Waals surface area contributed by atoms with Gasteiger partial charge in [-0.15, -0.1) is 0 Å². The summed E-state index contributed by atoms with van der Waals surface area (Å²) in [6, 6.07) is 6.76. The molecule has 1 aliphatic carbocycles. The van der Waals surface area contributed by atoms with Crippen LogP contribution in [0.3, 0.4) is 0 Å². The fourth-order valence-corrected chi connectivity index (χ4v) is 3.08. The third-order valence-electron chi connectivity index (χ3n) is 3.70. The van der Waals surface area contributed by atoms with Crippen molar-refractivity contribution in [3.8, 4) is 5.75 Å². The number of imidazole rings is 1. The van der Waals surface area contributed by atoms with Crippen molar-refractivity contribution in [2.24, 2.45) is 0 Å². The van der Waals surface area contributed by atoms with E-state index < -0.39 is 0 Å². The Morgan fingerprint density at radius 2 is 2.33 bits per heavy atom. The molecule has 0 spiro atoms. The van der Waals surface area contributed by atoms with Crippen LogP contribution in [0.15, 0.2) is 30.6 Å². The van der Waals surface area contributed by atoms with E-state index in [1.165, 1.54) is 11.1 Å². The van der Waals surface area contributed by atoms with E-state index >= 15 is 0 Å². The van der Waals surface area contributed by atoms with Crippen LogP contribution >= 0.6 is 12.2 Å². The number of aromatic amines is 1. The number of aromatic nitrogens is 2. The Morgan fingerprint density at radius 1 is 1.44 bits per heavy atom. The van der Waals surface area contributed by atoms with E-state index in [9.17, 15) is 0 Å². The molecule has 0 bridgehead atoms. The first-order chi connectivity index (χ1) is 8.79.